The van der Waals surface area contributed by atoms with E-state index in [2.05, 4.69) is 26.1 Å². The number of nitrogens with one attached hydrogen (secondary N) is 4. The van der Waals surface area contributed by atoms with Crippen LogP contribution in [0.25, 0.3) is 0 Å². The SMILES string of the molecule is CC1C=CC(N/N=C\C=N)=C(C(=O)N2CC3CC(Nc4ncc(C(F)(F)F)cc4F)C2C3)N1. The van der Waals surface area contributed by atoms with E-state index in [0.29, 0.717) is 43.0 Å². The fraction of sp³-hybridized carbons (Fsp3) is 0.429. The molecule has 2 fully saturated rings. The van der Waals surface area contributed by atoms with Crippen LogP contribution in [0.3, 0.4) is 0 Å². The van der Waals surface area contributed by atoms with Gasteiger partial charge in [-0.25, -0.2) is 9.37 Å². The molecule has 3 heterocycles. The van der Waals surface area contributed by atoms with Gasteiger partial charge in [0.1, 0.15) is 5.70 Å². The van der Waals surface area contributed by atoms with Crippen molar-refractivity contribution in [3.05, 3.63) is 47.2 Å². The summed E-state index contributed by atoms with van der Waals surface area (Å²) in [5.41, 5.74) is 2.39. The number of rotatable bonds is 6. The molecule has 4 atom stereocenters. The first-order valence-electron chi connectivity index (χ1n) is 10.4. The minimum atomic E-state index is -4.68. The Hall–Kier alpha value is -3.44. The summed E-state index contributed by atoms with van der Waals surface area (Å²) in [5.74, 6) is -1.41. The van der Waals surface area contributed by atoms with E-state index in [4.69, 9.17) is 5.41 Å². The summed E-state index contributed by atoms with van der Waals surface area (Å²) in [4.78, 5) is 18.7. The van der Waals surface area contributed by atoms with Gasteiger partial charge in [0, 0.05) is 31.0 Å². The van der Waals surface area contributed by atoms with Crippen molar-refractivity contribution in [3.63, 3.8) is 0 Å². The standard InChI is InChI=1S/C21H23F4N7O/c1-11-2-3-15(31-28-5-4-26)18(29-11)20(33)32-10-12-6-16(17(32)7-12)30-19-14(22)8-13(9-27-19)21(23,24)25/h2-5,8-9,11-12,16-17,26,29,31H,6-7,10H2,1H3,(H,27,30)/b26-4?,28-5-. The van der Waals surface area contributed by atoms with Gasteiger partial charge in [-0.1, -0.05) is 6.08 Å². The lowest BCUT2D eigenvalue weighted by Gasteiger charge is -2.35. The first-order chi connectivity index (χ1) is 15.7. The number of dihydropyridines is 1. The second kappa shape index (κ2) is 8.83. The molecule has 176 valence electrons. The topological polar surface area (TPSA) is 106 Å². The number of allylic oxidation sites excluding steroid dienone is 1. The number of fused-ring (bicyclic) bond motifs is 2. The molecule has 2 aliphatic heterocycles. The van der Waals surface area contributed by atoms with E-state index < -0.39 is 17.6 Å². The minimum absolute atomic E-state index is 0.0830. The Kier molecular flexibility index (Phi) is 6.09. The van der Waals surface area contributed by atoms with Crippen LogP contribution < -0.4 is 16.1 Å². The Balaban J connectivity index is 1.52. The zero-order valence-corrected chi connectivity index (χ0v) is 17.7. The number of amides is 1. The first-order valence-corrected chi connectivity index (χ1v) is 10.4. The number of piperidine rings is 1. The summed E-state index contributed by atoms with van der Waals surface area (Å²) < 4.78 is 52.7. The fourth-order valence-corrected chi connectivity index (χ4v) is 4.52. The largest absolute Gasteiger partial charge is 0.417 e. The molecule has 12 heteroatoms. The number of nitrogens with zero attached hydrogens (tertiary/aromatic N) is 3. The smallest absolute Gasteiger partial charge is 0.373 e. The van der Waals surface area contributed by atoms with Crippen LogP contribution in [0.4, 0.5) is 23.4 Å². The van der Waals surface area contributed by atoms with Crippen molar-refractivity contribution in [2.45, 2.75) is 44.1 Å². The van der Waals surface area contributed by atoms with E-state index >= 15 is 0 Å². The lowest BCUT2D eigenvalue weighted by atomic mass is 10.0. The molecule has 1 amide bonds. The average Bonchev–Trinajstić information content (AvgIpc) is 3.35. The molecular formula is C21H23F4N7O. The Labute approximate surface area is 187 Å². The molecule has 1 aliphatic carbocycles. The van der Waals surface area contributed by atoms with Crippen molar-refractivity contribution in [3.8, 4) is 0 Å². The van der Waals surface area contributed by atoms with Crippen LogP contribution in [0, 0.1) is 17.1 Å². The number of alkyl halides is 3. The van der Waals surface area contributed by atoms with Crippen molar-refractivity contribution >= 4 is 24.2 Å². The van der Waals surface area contributed by atoms with E-state index in [9.17, 15) is 22.4 Å². The van der Waals surface area contributed by atoms with E-state index in [1.165, 1.54) is 6.21 Å². The van der Waals surface area contributed by atoms with Gasteiger partial charge in [0.2, 0.25) is 0 Å². The minimum Gasteiger partial charge on any atom is -0.373 e. The number of halogens is 4. The van der Waals surface area contributed by atoms with Crippen LogP contribution in [0.1, 0.15) is 25.3 Å². The number of pyridine rings is 1. The maximum Gasteiger partial charge on any atom is 0.417 e. The summed E-state index contributed by atoms with van der Waals surface area (Å²) in [7, 11) is 0. The molecule has 4 N–H and O–H groups in total. The molecule has 1 aromatic heterocycles. The van der Waals surface area contributed by atoms with E-state index in [1.807, 2.05) is 13.0 Å². The second-order valence-electron chi connectivity index (χ2n) is 8.30. The highest BCUT2D eigenvalue weighted by molar-refractivity contribution is 6.14. The zero-order chi connectivity index (χ0) is 23.8. The van der Waals surface area contributed by atoms with Crippen LogP contribution in [-0.4, -0.2) is 52.9 Å². The van der Waals surface area contributed by atoms with Gasteiger partial charge < -0.3 is 20.9 Å². The van der Waals surface area contributed by atoms with Crippen LogP contribution in [0.2, 0.25) is 0 Å². The molecule has 0 aromatic carbocycles. The number of hydrazone groups is 1. The number of carbonyl (C=O) groups is 1. The number of hydrogen-bond donors (Lipinski definition) is 4. The van der Waals surface area contributed by atoms with Gasteiger partial charge in [0.25, 0.3) is 5.91 Å². The van der Waals surface area contributed by atoms with Crippen molar-refractivity contribution in [2.75, 3.05) is 11.9 Å². The predicted octanol–water partition coefficient (Wildman–Crippen LogP) is 2.63. The molecule has 0 spiro atoms. The van der Waals surface area contributed by atoms with Crippen LogP contribution >= 0.6 is 0 Å². The monoisotopic (exact) mass is 465 g/mol. The zero-order valence-electron chi connectivity index (χ0n) is 17.7. The van der Waals surface area contributed by atoms with Crippen molar-refractivity contribution in [1.82, 2.24) is 20.6 Å². The Morgan fingerprint density at radius 3 is 2.85 bits per heavy atom. The lowest BCUT2D eigenvalue weighted by Crippen LogP contribution is -2.51. The van der Waals surface area contributed by atoms with Crippen LogP contribution in [0.15, 0.2) is 40.9 Å². The molecule has 1 aromatic rings. The molecule has 4 unspecified atom stereocenters. The van der Waals surface area contributed by atoms with Gasteiger partial charge in [0.05, 0.1) is 23.5 Å². The number of aromatic nitrogens is 1. The van der Waals surface area contributed by atoms with Gasteiger partial charge >= 0.3 is 6.18 Å². The molecule has 1 saturated heterocycles. The lowest BCUT2D eigenvalue weighted by molar-refractivity contribution is -0.138. The molecular weight excluding hydrogens is 442 g/mol. The molecule has 4 rings (SSSR count). The summed E-state index contributed by atoms with van der Waals surface area (Å²) in [6, 6.07) is -0.257. The third-order valence-corrected chi connectivity index (χ3v) is 5.97. The van der Waals surface area contributed by atoms with Gasteiger partial charge in [-0.15, -0.1) is 0 Å². The van der Waals surface area contributed by atoms with E-state index in [1.54, 1.807) is 11.0 Å². The highest BCUT2D eigenvalue weighted by Gasteiger charge is 2.48. The van der Waals surface area contributed by atoms with Gasteiger partial charge in [0.15, 0.2) is 11.6 Å². The molecule has 0 radical (unpaired) electrons. The Bertz CT molecular complexity index is 1040. The highest BCUT2D eigenvalue weighted by atomic mass is 19.4. The quantitative estimate of drug-likeness (QED) is 0.294. The molecule has 8 nitrogen and oxygen atoms in total. The summed E-state index contributed by atoms with van der Waals surface area (Å²) in [6.45, 7) is 2.42. The second-order valence-corrected chi connectivity index (χ2v) is 8.30. The number of hydrogen-bond acceptors (Lipinski definition) is 7. The van der Waals surface area contributed by atoms with E-state index in [-0.39, 0.29) is 35.8 Å². The van der Waals surface area contributed by atoms with Crippen molar-refractivity contribution < 1.29 is 22.4 Å². The number of anilines is 1. The van der Waals surface area contributed by atoms with Gasteiger partial charge in [-0.3, -0.25) is 10.2 Å². The van der Waals surface area contributed by atoms with E-state index in [0.717, 1.165) is 6.21 Å². The highest BCUT2D eigenvalue weighted by Crippen LogP contribution is 2.40. The molecule has 1 saturated carbocycles. The summed E-state index contributed by atoms with van der Waals surface area (Å²) >= 11 is 0. The maximum atomic E-state index is 14.3. The third-order valence-electron chi connectivity index (χ3n) is 5.97. The molecule has 2 bridgehead atoms. The molecule has 33 heavy (non-hydrogen) atoms. The van der Waals surface area contributed by atoms with Crippen LogP contribution in [-0.2, 0) is 11.0 Å². The maximum absolute atomic E-state index is 14.3. The molecule has 3 aliphatic rings. The predicted molar refractivity (Wildman–Crippen MR) is 114 cm³/mol. The van der Waals surface area contributed by atoms with Crippen molar-refractivity contribution in [1.29, 1.82) is 5.41 Å². The fourth-order valence-electron chi connectivity index (χ4n) is 4.52. The first kappa shape index (κ1) is 22.7. The Morgan fingerprint density at radius 1 is 1.39 bits per heavy atom. The summed E-state index contributed by atoms with van der Waals surface area (Å²) in [6.07, 6.45) is 3.13. The number of carbonyl (C=O) groups excluding carboxylic acids is 1. The van der Waals surface area contributed by atoms with Crippen LogP contribution in [0.5, 0.6) is 0 Å². The number of likely N-dealkylation sites (tertiary alicyclic amines) is 1. The average molecular weight is 465 g/mol. The normalized spacial score (nSPS) is 26.6. The van der Waals surface area contributed by atoms with Crippen molar-refractivity contribution in [2.24, 2.45) is 11.0 Å². The Morgan fingerprint density at radius 2 is 2.18 bits per heavy atom. The van der Waals surface area contributed by atoms with Gasteiger partial charge in [-0.2, -0.15) is 18.3 Å². The summed E-state index contributed by atoms with van der Waals surface area (Å²) in [5, 5.41) is 16.9. The third kappa shape index (κ3) is 4.69. The van der Waals surface area contributed by atoms with Gasteiger partial charge in [-0.05, 0) is 37.8 Å².